The van der Waals surface area contributed by atoms with Gasteiger partial charge in [-0.25, -0.2) is 0 Å². The van der Waals surface area contributed by atoms with Crippen molar-refractivity contribution in [1.29, 1.82) is 0 Å². The second-order valence-corrected chi connectivity index (χ2v) is 3.78. The molecule has 0 unspecified atom stereocenters. The molecule has 0 aliphatic carbocycles. The number of aryl methyl sites for hydroxylation is 1. The smallest absolute Gasteiger partial charge is 0.163 e. The molecule has 1 aromatic rings. The second-order valence-electron chi connectivity index (χ2n) is 3.78. The van der Waals surface area contributed by atoms with Crippen LogP contribution in [0, 0.1) is 0 Å². The molecule has 0 aromatic heterocycles. The lowest BCUT2D eigenvalue weighted by molar-refractivity contribution is 0.351. The molecule has 0 radical (unpaired) electrons. The van der Waals surface area contributed by atoms with Crippen molar-refractivity contribution in [3.63, 3.8) is 0 Å². The standard InChI is InChI=1S/C13H21NO2.ClH/c1-4-5-11-8-10(6-7-14)9-12(15-2)13(11)16-3;/h8-9H,4-7,14H2,1-3H3;1H. The summed E-state index contributed by atoms with van der Waals surface area (Å²) >= 11 is 0. The van der Waals surface area contributed by atoms with Crippen molar-refractivity contribution in [1.82, 2.24) is 0 Å². The SMILES string of the molecule is CCCc1cc(CCN)cc(OC)c1OC.Cl. The first-order valence-corrected chi connectivity index (χ1v) is 5.70. The van der Waals surface area contributed by atoms with E-state index in [0.29, 0.717) is 6.54 Å². The van der Waals surface area contributed by atoms with Crippen LogP contribution in [0.5, 0.6) is 11.5 Å². The van der Waals surface area contributed by atoms with Gasteiger partial charge in [-0.05, 0) is 36.6 Å². The number of benzene rings is 1. The average molecular weight is 260 g/mol. The lowest BCUT2D eigenvalue weighted by Crippen LogP contribution is -2.05. The first kappa shape index (κ1) is 16.1. The highest BCUT2D eigenvalue weighted by atomic mass is 35.5. The van der Waals surface area contributed by atoms with Gasteiger partial charge in [-0.1, -0.05) is 19.4 Å². The first-order chi connectivity index (χ1) is 7.76. The summed E-state index contributed by atoms with van der Waals surface area (Å²) in [6, 6.07) is 4.17. The van der Waals surface area contributed by atoms with Crippen LogP contribution in [0.25, 0.3) is 0 Å². The monoisotopic (exact) mass is 259 g/mol. The molecule has 0 atom stereocenters. The van der Waals surface area contributed by atoms with Gasteiger partial charge in [-0.15, -0.1) is 12.4 Å². The third-order valence-corrected chi connectivity index (χ3v) is 2.57. The Morgan fingerprint density at radius 3 is 2.29 bits per heavy atom. The van der Waals surface area contributed by atoms with Crippen LogP contribution in [-0.4, -0.2) is 20.8 Å². The normalized spacial score (nSPS) is 9.65. The maximum absolute atomic E-state index is 5.57. The summed E-state index contributed by atoms with van der Waals surface area (Å²) in [5.74, 6) is 1.65. The van der Waals surface area contributed by atoms with E-state index in [4.69, 9.17) is 15.2 Å². The molecule has 4 heteroatoms. The highest BCUT2D eigenvalue weighted by molar-refractivity contribution is 5.85. The summed E-state index contributed by atoms with van der Waals surface area (Å²) in [5, 5.41) is 0. The van der Waals surface area contributed by atoms with E-state index in [-0.39, 0.29) is 12.4 Å². The molecule has 0 aliphatic rings. The first-order valence-electron chi connectivity index (χ1n) is 5.70. The summed E-state index contributed by atoms with van der Waals surface area (Å²) in [6.07, 6.45) is 2.96. The molecule has 0 spiro atoms. The van der Waals surface area contributed by atoms with Crippen molar-refractivity contribution in [3.05, 3.63) is 23.3 Å². The average Bonchev–Trinajstić information content (AvgIpc) is 2.29. The van der Waals surface area contributed by atoms with Gasteiger partial charge in [-0.3, -0.25) is 0 Å². The molecule has 0 fully saturated rings. The largest absolute Gasteiger partial charge is 0.493 e. The third-order valence-electron chi connectivity index (χ3n) is 2.57. The van der Waals surface area contributed by atoms with E-state index in [1.165, 1.54) is 11.1 Å². The summed E-state index contributed by atoms with van der Waals surface area (Å²) in [7, 11) is 3.35. The van der Waals surface area contributed by atoms with Crippen LogP contribution in [0.1, 0.15) is 24.5 Å². The van der Waals surface area contributed by atoms with Crippen LogP contribution in [0.4, 0.5) is 0 Å². The minimum Gasteiger partial charge on any atom is -0.493 e. The highest BCUT2D eigenvalue weighted by Crippen LogP contribution is 2.33. The van der Waals surface area contributed by atoms with E-state index in [1.807, 2.05) is 6.07 Å². The molecule has 98 valence electrons. The fourth-order valence-electron chi connectivity index (χ4n) is 1.87. The summed E-state index contributed by atoms with van der Waals surface area (Å²) in [6.45, 7) is 2.81. The maximum Gasteiger partial charge on any atom is 0.163 e. The van der Waals surface area contributed by atoms with E-state index < -0.39 is 0 Å². The number of ether oxygens (including phenoxy) is 2. The number of halogens is 1. The number of hydrogen-bond donors (Lipinski definition) is 1. The molecule has 0 aliphatic heterocycles. The number of methoxy groups -OCH3 is 2. The zero-order chi connectivity index (χ0) is 12.0. The van der Waals surface area contributed by atoms with Crippen LogP contribution >= 0.6 is 12.4 Å². The molecule has 1 rings (SSSR count). The Morgan fingerprint density at radius 2 is 1.82 bits per heavy atom. The van der Waals surface area contributed by atoms with Crippen molar-refractivity contribution in [2.75, 3.05) is 20.8 Å². The van der Waals surface area contributed by atoms with Gasteiger partial charge in [0.25, 0.3) is 0 Å². The Balaban J connectivity index is 0.00000256. The summed E-state index contributed by atoms with van der Waals surface area (Å²) in [4.78, 5) is 0. The molecular formula is C13H22ClNO2. The van der Waals surface area contributed by atoms with E-state index in [9.17, 15) is 0 Å². The molecule has 0 amide bonds. The van der Waals surface area contributed by atoms with Crippen molar-refractivity contribution in [2.45, 2.75) is 26.2 Å². The van der Waals surface area contributed by atoms with Gasteiger partial charge in [0, 0.05) is 0 Å². The lowest BCUT2D eigenvalue weighted by atomic mass is 10.0. The Hall–Kier alpha value is -0.930. The van der Waals surface area contributed by atoms with Crippen molar-refractivity contribution < 1.29 is 9.47 Å². The van der Waals surface area contributed by atoms with Crippen molar-refractivity contribution in [2.24, 2.45) is 5.73 Å². The zero-order valence-corrected chi connectivity index (χ0v) is 11.6. The molecule has 17 heavy (non-hydrogen) atoms. The minimum atomic E-state index is 0. The lowest BCUT2D eigenvalue weighted by Gasteiger charge is -2.14. The quantitative estimate of drug-likeness (QED) is 0.854. The molecule has 0 saturated heterocycles. The topological polar surface area (TPSA) is 44.5 Å². The van der Waals surface area contributed by atoms with E-state index >= 15 is 0 Å². The number of nitrogens with two attached hydrogens (primary N) is 1. The molecule has 2 N–H and O–H groups in total. The molecule has 3 nitrogen and oxygen atoms in total. The van der Waals surface area contributed by atoms with E-state index in [0.717, 1.165) is 30.8 Å². The van der Waals surface area contributed by atoms with Crippen LogP contribution in [-0.2, 0) is 12.8 Å². The fraction of sp³-hybridized carbons (Fsp3) is 0.538. The summed E-state index contributed by atoms with van der Waals surface area (Å²) < 4.78 is 10.7. The van der Waals surface area contributed by atoms with Crippen molar-refractivity contribution in [3.8, 4) is 11.5 Å². The third kappa shape index (κ3) is 4.10. The van der Waals surface area contributed by atoms with Gasteiger partial charge in [0.1, 0.15) is 0 Å². The summed E-state index contributed by atoms with van der Waals surface area (Å²) in [5.41, 5.74) is 7.99. The van der Waals surface area contributed by atoms with Crippen molar-refractivity contribution >= 4 is 12.4 Å². The van der Waals surface area contributed by atoms with Gasteiger partial charge >= 0.3 is 0 Å². The Labute approximate surface area is 110 Å². The van der Waals surface area contributed by atoms with Crippen LogP contribution in [0.2, 0.25) is 0 Å². The Kier molecular flexibility index (Phi) is 7.75. The predicted octanol–water partition coefficient (Wildman–Crippen LogP) is 2.58. The van der Waals surface area contributed by atoms with Gasteiger partial charge in [-0.2, -0.15) is 0 Å². The fourth-order valence-corrected chi connectivity index (χ4v) is 1.87. The Morgan fingerprint density at radius 1 is 1.12 bits per heavy atom. The number of hydrogen-bond acceptors (Lipinski definition) is 3. The molecule has 0 heterocycles. The van der Waals surface area contributed by atoms with E-state index in [2.05, 4.69) is 13.0 Å². The van der Waals surface area contributed by atoms with Gasteiger partial charge < -0.3 is 15.2 Å². The second kappa shape index (κ2) is 8.20. The Bertz CT molecular complexity index is 342. The predicted molar refractivity (Wildman–Crippen MR) is 73.5 cm³/mol. The maximum atomic E-state index is 5.57. The minimum absolute atomic E-state index is 0. The van der Waals surface area contributed by atoms with Gasteiger partial charge in [0.05, 0.1) is 14.2 Å². The molecule has 0 saturated carbocycles. The van der Waals surface area contributed by atoms with Gasteiger partial charge in [0.15, 0.2) is 11.5 Å². The van der Waals surface area contributed by atoms with Crippen LogP contribution in [0.15, 0.2) is 12.1 Å². The highest BCUT2D eigenvalue weighted by Gasteiger charge is 2.11. The number of rotatable bonds is 6. The van der Waals surface area contributed by atoms with Crippen LogP contribution in [0.3, 0.4) is 0 Å². The van der Waals surface area contributed by atoms with Gasteiger partial charge in [0.2, 0.25) is 0 Å². The molecular weight excluding hydrogens is 238 g/mol. The molecule has 1 aromatic carbocycles. The van der Waals surface area contributed by atoms with Crippen LogP contribution < -0.4 is 15.2 Å². The zero-order valence-electron chi connectivity index (χ0n) is 10.8. The molecule has 0 bridgehead atoms. The van der Waals surface area contributed by atoms with E-state index in [1.54, 1.807) is 14.2 Å².